The molecule has 1 amide bonds. The first kappa shape index (κ1) is 19.5. The molecular weight excluding hydrogens is 366 g/mol. The first-order valence-electron chi connectivity index (χ1n) is 8.65. The smallest absolute Gasteiger partial charge is 0.256 e. The minimum atomic E-state index is -3.20. The number of anilines is 1. The van der Waals surface area contributed by atoms with Crippen molar-refractivity contribution in [3.63, 3.8) is 0 Å². The second kappa shape index (κ2) is 7.75. The van der Waals surface area contributed by atoms with Gasteiger partial charge in [-0.25, -0.2) is 13.4 Å². The van der Waals surface area contributed by atoms with Crippen LogP contribution in [0.4, 0.5) is 5.82 Å². The van der Waals surface area contributed by atoms with E-state index in [4.69, 9.17) is 0 Å². The lowest BCUT2D eigenvalue weighted by molar-refractivity contribution is 0.0955. The maximum absolute atomic E-state index is 12.5. The topological polar surface area (TPSA) is 99.6 Å². The zero-order valence-electron chi connectivity index (χ0n) is 15.3. The van der Waals surface area contributed by atoms with Gasteiger partial charge in [0.15, 0.2) is 9.84 Å². The van der Waals surface area contributed by atoms with E-state index in [2.05, 4.69) is 10.3 Å². The first-order chi connectivity index (χ1) is 12.7. The molecule has 8 heteroatoms. The lowest BCUT2D eigenvalue weighted by atomic mass is 10.1. The second-order valence-electron chi connectivity index (χ2n) is 7.00. The van der Waals surface area contributed by atoms with Crippen LogP contribution in [-0.4, -0.2) is 60.0 Å². The van der Waals surface area contributed by atoms with Gasteiger partial charge >= 0.3 is 0 Å². The Labute approximate surface area is 159 Å². The normalized spacial score (nSPS) is 21.3. The molecule has 1 aliphatic heterocycles. The number of aromatic nitrogens is 1. The first-order valence-corrected chi connectivity index (χ1v) is 10.5. The predicted octanol–water partition coefficient (Wildman–Crippen LogP) is 1.23. The van der Waals surface area contributed by atoms with Crippen LogP contribution in [0.2, 0.25) is 0 Å². The van der Waals surface area contributed by atoms with E-state index in [-0.39, 0.29) is 17.4 Å². The standard InChI is InChI=1S/C19H23N3O4S/c1-13-6-7-20-18(8-13)21-19(24)15-5-3-4-14(9-15)10-22(2)16-11-27(25,26)12-17(16)23/h3-9,16-17,23H,10-12H2,1-2H3,(H,20,21,24)/t16-,17-/m1/s1. The van der Waals surface area contributed by atoms with Gasteiger partial charge in [0.25, 0.3) is 5.91 Å². The summed E-state index contributed by atoms with van der Waals surface area (Å²) in [5.41, 5.74) is 2.35. The highest BCUT2D eigenvalue weighted by atomic mass is 32.2. The monoisotopic (exact) mass is 389 g/mol. The number of benzene rings is 1. The number of aliphatic hydroxyl groups excluding tert-OH is 1. The van der Waals surface area contributed by atoms with Crippen LogP contribution in [0.5, 0.6) is 0 Å². The largest absolute Gasteiger partial charge is 0.390 e. The Morgan fingerprint density at radius 2 is 2.07 bits per heavy atom. The van der Waals surface area contributed by atoms with Gasteiger partial charge in [-0.3, -0.25) is 9.69 Å². The van der Waals surface area contributed by atoms with Crippen LogP contribution in [0.15, 0.2) is 42.6 Å². The fraction of sp³-hybridized carbons (Fsp3) is 0.368. The van der Waals surface area contributed by atoms with Crippen molar-refractivity contribution in [2.45, 2.75) is 25.6 Å². The lowest BCUT2D eigenvalue weighted by Crippen LogP contribution is -2.40. The molecule has 27 heavy (non-hydrogen) atoms. The average molecular weight is 389 g/mol. The summed E-state index contributed by atoms with van der Waals surface area (Å²) in [6.45, 7) is 2.35. The summed E-state index contributed by atoms with van der Waals surface area (Å²) in [5, 5.41) is 12.8. The minimum absolute atomic E-state index is 0.0517. The minimum Gasteiger partial charge on any atom is -0.390 e. The molecule has 0 spiro atoms. The average Bonchev–Trinajstić information content (AvgIpc) is 2.88. The number of carbonyl (C=O) groups is 1. The Bertz CT molecular complexity index is 945. The van der Waals surface area contributed by atoms with Crippen LogP contribution < -0.4 is 5.32 Å². The Morgan fingerprint density at radius 3 is 2.74 bits per heavy atom. The number of pyridine rings is 1. The van der Waals surface area contributed by atoms with Crippen LogP contribution >= 0.6 is 0 Å². The van der Waals surface area contributed by atoms with Crippen molar-refractivity contribution in [2.75, 3.05) is 23.9 Å². The zero-order chi connectivity index (χ0) is 19.6. The SMILES string of the molecule is Cc1ccnc(NC(=O)c2cccc(CN(C)[C@@H]3CS(=O)(=O)C[C@H]3O)c2)c1. The molecule has 1 saturated heterocycles. The number of aryl methyl sites for hydroxylation is 1. The molecule has 2 aromatic rings. The number of hydrogen-bond donors (Lipinski definition) is 2. The Morgan fingerprint density at radius 1 is 1.30 bits per heavy atom. The molecule has 1 aliphatic rings. The van der Waals surface area contributed by atoms with Gasteiger partial charge in [0.2, 0.25) is 0 Å². The molecule has 0 bridgehead atoms. The van der Waals surface area contributed by atoms with E-state index in [9.17, 15) is 18.3 Å². The third-order valence-electron chi connectivity index (χ3n) is 4.64. The van der Waals surface area contributed by atoms with Gasteiger partial charge in [-0.05, 0) is 49.4 Å². The summed E-state index contributed by atoms with van der Waals surface area (Å²) >= 11 is 0. The predicted molar refractivity (Wildman–Crippen MR) is 103 cm³/mol. The summed E-state index contributed by atoms with van der Waals surface area (Å²) in [5.74, 6) is -0.0273. The molecule has 0 saturated carbocycles. The highest BCUT2D eigenvalue weighted by Crippen LogP contribution is 2.20. The van der Waals surface area contributed by atoms with E-state index in [1.54, 1.807) is 37.5 Å². The van der Waals surface area contributed by atoms with Crippen LogP contribution in [0, 0.1) is 6.92 Å². The molecule has 1 fully saturated rings. The van der Waals surface area contributed by atoms with E-state index in [0.717, 1.165) is 11.1 Å². The van der Waals surface area contributed by atoms with E-state index in [1.165, 1.54) is 0 Å². The summed E-state index contributed by atoms with van der Waals surface area (Å²) in [7, 11) is -1.43. The van der Waals surface area contributed by atoms with Gasteiger partial charge in [-0.15, -0.1) is 0 Å². The van der Waals surface area contributed by atoms with Crippen molar-refractivity contribution in [3.05, 3.63) is 59.3 Å². The summed E-state index contributed by atoms with van der Waals surface area (Å²) in [6.07, 6.45) is 0.746. The van der Waals surface area contributed by atoms with E-state index in [1.807, 2.05) is 24.0 Å². The van der Waals surface area contributed by atoms with Gasteiger partial charge in [-0.1, -0.05) is 12.1 Å². The van der Waals surface area contributed by atoms with Crippen molar-refractivity contribution >= 4 is 21.6 Å². The number of hydrogen-bond acceptors (Lipinski definition) is 6. The molecule has 2 heterocycles. The Hall–Kier alpha value is -2.29. The van der Waals surface area contributed by atoms with Crippen LogP contribution in [0.25, 0.3) is 0 Å². The molecule has 1 aromatic heterocycles. The molecule has 3 rings (SSSR count). The molecule has 2 atom stereocenters. The molecule has 0 radical (unpaired) electrons. The summed E-state index contributed by atoms with van der Waals surface area (Å²) in [6, 6.07) is 10.3. The number of nitrogens with zero attached hydrogens (tertiary/aromatic N) is 2. The fourth-order valence-electron chi connectivity index (χ4n) is 3.24. The molecular formula is C19H23N3O4S. The zero-order valence-corrected chi connectivity index (χ0v) is 16.1. The lowest BCUT2D eigenvalue weighted by Gasteiger charge is -2.25. The van der Waals surface area contributed by atoms with Gasteiger partial charge in [0.05, 0.1) is 23.7 Å². The fourth-order valence-corrected chi connectivity index (χ4v) is 5.12. The third kappa shape index (κ3) is 4.91. The van der Waals surface area contributed by atoms with Crippen LogP contribution in [0.1, 0.15) is 21.5 Å². The number of amides is 1. The van der Waals surface area contributed by atoms with Gasteiger partial charge in [-0.2, -0.15) is 0 Å². The van der Waals surface area contributed by atoms with E-state index >= 15 is 0 Å². The van der Waals surface area contributed by atoms with Crippen LogP contribution in [-0.2, 0) is 16.4 Å². The summed E-state index contributed by atoms with van der Waals surface area (Å²) < 4.78 is 23.4. The third-order valence-corrected chi connectivity index (χ3v) is 6.34. The second-order valence-corrected chi connectivity index (χ2v) is 9.15. The number of carbonyl (C=O) groups excluding carboxylic acids is 1. The maximum atomic E-state index is 12.5. The van der Waals surface area contributed by atoms with E-state index < -0.39 is 22.0 Å². The van der Waals surface area contributed by atoms with Crippen molar-refractivity contribution in [2.24, 2.45) is 0 Å². The van der Waals surface area contributed by atoms with Crippen molar-refractivity contribution < 1.29 is 18.3 Å². The maximum Gasteiger partial charge on any atom is 0.256 e. The van der Waals surface area contributed by atoms with Gasteiger partial charge in [0.1, 0.15) is 5.82 Å². The molecule has 0 unspecified atom stereocenters. The van der Waals surface area contributed by atoms with E-state index in [0.29, 0.717) is 17.9 Å². The van der Waals surface area contributed by atoms with Crippen LogP contribution in [0.3, 0.4) is 0 Å². The Kier molecular flexibility index (Phi) is 5.59. The summed E-state index contributed by atoms with van der Waals surface area (Å²) in [4.78, 5) is 18.4. The van der Waals surface area contributed by atoms with Gasteiger partial charge in [0, 0.05) is 18.3 Å². The Balaban J connectivity index is 1.69. The number of rotatable bonds is 5. The molecule has 1 aromatic carbocycles. The van der Waals surface area contributed by atoms with Crippen molar-refractivity contribution in [1.29, 1.82) is 0 Å². The van der Waals surface area contributed by atoms with Crippen molar-refractivity contribution in [1.82, 2.24) is 9.88 Å². The number of nitrogens with one attached hydrogen (secondary N) is 1. The van der Waals surface area contributed by atoms with Crippen molar-refractivity contribution in [3.8, 4) is 0 Å². The molecule has 0 aliphatic carbocycles. The molecule has 7 nitrogen and oxygen atoms in total. The number of likely N-dealkylation sites (N-methyl/N-ethyl adjacent to an activating group) is 1. The molecule has 2 N–H and O–H groups in total. The highest BCUT2D eigenvalue weighted by molar-refractivity contribution is 7.91. The quantitative estimate of drug-likeness (QED) is 0.798. The molecule has 144 valence electrons. The number of sulfone groups is 1. The van der Waals surface area contributed by atoms with Gasteiger partial charge < -0.3 is 10.4 Å². The highest BCUT2D eigenvalue weighted by Gasteiger charge is 2.38. The number of aliphatic hydroxyl groups is 1.